The van der Waals surface area contributed by atoms with Crippen LogP contribution in [0.1, 0.15) is 15.9 Å². The molecule has 4 rings (SSSR count). The number of hydrogen-bond donors (Lipinski definition) is 1. The number of fused-ring (bicyclic) bond motifs is 1. The number of ether oxygens (including phenoxy) is 1. The number of carbonyl (C=O) groups excluding carboxylic acids is 1. The van der Waals surface area contributed by atoms with E-state index in [4.69, 9.17) is 16.3 Å². The predicted octanol–water partition coefficient (Wildman–Crippen LogP) is 4.03. The average molecular weight is 388 g/mol. The Labute approximate surface area is 160 Å². The Morgan fingerprint density at radius 2 is 2.04 bits per heavy atom. The van der Waals surface area contributed by atoms with Crippen molar-refractivity contribution in [3.63, 3.8) is 0 Å². The van der Waals surface area contributed by atoms with Gasteiger partial charge in [0.1, 0.15) is 0 Å². The number of halogens is 1. The molecule has 1 aromatic heterocycles. The highest BCUT2D eigenvalue weighted by Gasteiger charge is 2.14. The van der Waals surface area contributed by atoms with Crippen LogP contribution < -0.4 is 5.32 Å². The summed E-state index contributed by atoms with van der Waals surface area (Å²) in [5.41, 5.74) is 2.57. The van der Waals surface area contributed by atoms with Gasteiger partial charge in [-0.3, -0.25) is 15.0 Å². The summed E-state index contributed by atoms with van der Waals surface area (Å²) in [4.78, 5) is 19.3. The molecular formula is C19H18ClN3O2S. The fourth-order valence-corrected chi connectivity index (χ4v) is 4.09. The molecule has 1 amide bonds. The molecule has 0 radical (unpaired) electrons. The van der Waals surface area contributed by atoms with Crippen LogP contribution in [-0.2, 0) is 11.3 Å². The summed E-state index contributed by atoms with van der Waals surface area (Å²) in [6.45, 7) is 4.40. The van der Waals surface area contributed by atoms with E-state index in [-0.39, 0.29) is 5.91 Å². The standard InChI is InChI=1S/C19H18ClN3O2S/c20-15-4-2-1-3-14(15)18(24)22-19-21-16-6-5-13(11-17(16)26-19)12-23-7-9-25-10-8-23/h1-6,11H,7-10,12H2,(H,21,22,24). The lowest BCUT2D eigenvalue weighted by Gasteiger charge is -2.26. The lowest BCUT2D eigenvalue weighted by molar-refractivity contribution is 0.0342. The van der Waals surface area contributed by atoms with Crippen LogP contribution in [0.2, 0.25) is 5.02 Å². The zero-order chi connectivity index (χ0) is 17.9. The minimum atomic E-state index is -0.247. The van der Waals surface area contributed by atoms with Crippen LogP contribution in [0.3, 0.4) is 0 Å². The number of morpholine rings is 1. The molecule has 1 fully saturated rings. The van der Waals surface area contributed by atoms with Crippen molar-refractivity contribution in [2.24, 2.45) is 0 Å². The van der Waals surface area contributed by atoms with Crippen molar-refractivity contribution in [3.05, 3.63) is 58.6 Å². The number of amides is 1. The van der Waals surface area contributed by atoms with Gasteiger partial charge < -0.3 is 4.74 Å². The number of thiazole rings is 1. The zero-order valence-corrected chi connectivity index (χ0v) is 15.6. The minimum absolute atomic E-state index is 0.247. The first-order valence-electron chi connectivity index (χ1n) is 8.44. The first kappa shape index (κ1) is 17.4. The highest BCUT2D eigenvalue weighted by molar-refractivity contribution is 7.22. The van der Waals surface area contributed by atoms with E-state index >= 15 is 0 Å². The molecule has 2 heterocycles. The van der Waals surface area contributed by atoms with Gasteiger partial charge in [-0.25, -0.2) is 4.98 Å². The van der Waals surface area contributed by atoms with E-state index in [1.807, 2.05) is 6.07 Å². The number of anilines is 1. The van der Waals surface area contributed by atoms with Crippen molar-refractivity contribution in [3.8, 4) is 0 Å². The second-order valence-electron chi connectivity index (χ2n) is 6.14. The van der Waals surface area contributed by atoms with Gasteiger partial charge in [-0.05, 0) is 29.8 Å². The van der Waals surface area contributed by atoms with E-state index < -0.39 is 0 Å². The van der Waals surface area contributed by atoms with Crippen molar-refractivity contribution < 1.29 is 9.53 Å². The number of nitrogens with one attached hydrogen (secondary N) is 1. The van der Waals surface area contributed by atoms with Crippen LogP contribution in [-0.4, -0.2) is 42.1 Å². The SMILES string of the molecule is O=C(Nc1nc2ccc(CN3CCOCC3)cc2s1)c1ccccc1Cl. The van der Waals surface area contributed by atoms with E-state index in [0.717, 1.165) is 43.1 Å². The first-order valence-corrected chi connectivity index (χ1v) is 9.64. The Balaban J connectivity index is 1.50. The van der Waals surface area contributed by atoms with Gasteiger partial charge in [0.05, 0.1) is 34.0 Å². The molecule has 0 spiro atoms. The predicted molar refractivity (Wildman–Crippen MR) is 105 cm³/mol. The monoisotopic (exact) mass is 387 g/mol. The summed E-state index contributed by atoms with van der Waals surface area (Å²) >= 11 is 7.56. The maximum Gasteiger partial charge on any atom is 0.258 e. The topological polar surface area (TPSA) is 54.5 Å². The van der Waals surface area contributed by atoms with Crippen LogP contribution in [0.5, 0.6) is 0 Å². The van der Waals surface area contributed by atoms with Gasteiger partial charge in [-0.15, -0.1) is 0 Å². The Morgan fingerprint density at radius 3 is 2.85 bits per heavy atom. The number of carbonyl (C=O) groups is 1. The van der Waals surface area contributed by atoms with Gasteiger partial charge in [0, 0.05) is 19.6 Å². The summed E-state index contributed by atoms with van der Waals surface area (Å²) in [7, 11) is 0. The quantitative estimate of drug-likeness (QED) is 0.734. The molecular weight excluding hydrogens is 370 g/mol. The Bertz CT molecular complexity index is 937. The molecule has 7 heteroatoms. The van der Waals surface area contributed by atoms with Gasteiger partial charge in [0.2, 0.25) is 0 Å². The number of nitrogens with zero attached hydrogens (tertiary/aromatic N) is 2. The molecule has 0 bridgehead atoms. The van der Waals surface area contributed by atoms with Gasteiger partial charge in [-0.2, -0.15) is 0 Å². The Morgan fingerprint density at radius 1 is 1.23 bits per heavy atom. The summed E-state index contributed by atoms with van der Waals surface area (Å²) in [6, 6.07) is 13.2. The molecule has 1 saturated heterocycles. The van der Waals surface area contributed by atoms with Crippen LogP contribution in [0.15, 0.2) is 42.5 Å². The number of benzene rings is 2. The largest absolute Gasteiger partial charge is 0.379 e. The van der Waals surface area contributed by atoms with Crippen molar-refractivity contribution >= 4 is 44.2 Å². The fraction of sp³-hybridized carbons (Fsp3) is 0.263. The third kappa shape index (κ3) is 3.88. The molecule has 0 atom stereocenters. The summed E-state index contributed by atoms with van der Waals surface area (Å²) in [6.07, 6.45) is 0. The summed E-state index contributed by atoms with van der Waals surface area (Å²) < 4.78 is 6.45. The zero-order valence-electron chi connectivity index (χ0n) is 14.1. The third-order valence-corrected chi connectivity index (χ3v) is 5.56. The number of aromatic nitrogens is 1. The van der Waals surface area contributed by atoms with Crippen LogP contribution in [0.25, 0.3) is 10.2 Å². The third-order valence-electron chi connectivity index (χ3n) is 4.30. The van der Waals surface area contributed by atoms with Crippen molar-refractivity contribution in [2.75, 3.05) is 31.6 Å². The molecule has 26 heavy (non-hydrogen) atoms. The van der Waals surface area contributed by atoms with Crippen LogP contribution >= 0.6 is 22.9 Å². The lowest BCUT2D eigenvalue weighted by Crippen LogP contribution is -2.35. The minimum Gasteiger partial charge on any atom is -0.379 e. The molecule has 0 unspecified atom stereocenters. The second kappa shape index (κ2) is 7.72. The van der Waals surface area contributed by atoms with Crippen LogP contribution in [0.4, 0.5) is 5.13 Å². The summed E-state index contributed by atoms with van der Waals surface area (Å²) in [5.74, 6) is -0.247. The molecule has 134 valence electrons. The van der Waals surface area contributed by atoms with Gasteiger partial charge in [0.25, 0.3) is 5.91 Å². The normalized spacial score (nSPS) is 15.3. The van der Waals surface area contributed by atoms with Gasteiger partial charge >= 0.3 is 0 Å². The highest BCUT2D eigenvalue weighted by atomic mass is 35.5. The Hall–Kier alpha value is -1.99. The van der Waals surface area contributed by atoms with Crippen molar-refractivity contribution in [1.82, 2.24) is 9.88 Å². The molecule has 0 saturated carbocycles. The van der Waals surface area contributed by atoms with Crippen molar-refractivity contribution in [1.29, 1.82) is 0 Å². The number of hydrogen-bond acceptors (Lipinski definition) is 5. The maximum atomic E-state index is 12.4. The van der Waals surface area contributed by atoms with E-state index in [1.54, 1.807) is 24.3 Å². The fourth-order valence-electron chi connectivity index (χ4n) is 2.95. The lowest BCUT2D eigenvalue weighted by atomic mass is 10.2. The molecule has 1 N–H and O–H groups in total. The van der Waals surface area contributed by atoms with E-state index in [2.05, 4.69) is 27.3 Å². The maximum absolute atomic E-state index is 12.4. The van der Waals surface area contributed by atoms with Crippen molar-refractivity contribution in [2.45, 2.75) is 6.54 Å². The highest BCUT2D eigenvalue weighted by Crippen LogP contribution is 2.28. The van der Waals surface area contributed by atoms with Gasteiger partial charge in [0.15, 0.2) is 5.13 Å². The first-order chi connectivity index (χ1) is 12.7. The van der Waals surface area contributed by atoms with Crippen LogP contribution in [0, 0.1) is 0 Å². The van der Waals surface area contributed by atoms with E-state index in [0.29, 0.717) is 15.7 Å². The average Bonchev–Trinajstić information content (AvgIpc) is 3.04. The second-order valence-corrected chi connectivity index (χ2v) is 7.58. The summed E-state index contributed by atoms with van der Waals surface area (Å²) in [5, 5.41) is 3.85. The van der Waals surface area contributed by atoms with E-state index in [1.165, 1.54) is 16.9 Å². The van der Waals surface area contributed by atoms with Gasteiger partial charge in [-0.1, -0.05) is 41.1 Å². The smallest absolute Gasteiger partial charge is 0.258 e. The molecule has 5 nitrogen and oxygen atoms in total. The number of rotatable bonds is 4. The molecule has 3 aromatic rings. The molecule has 1 aliphatic rings. The molecule has 2 aromatic carbocycles. The molecule has 1 aliphatic heterocycles. The van der Waals surface area contributed by atoms with E-state index in [9.17, 15) is 4.79 Å². The molecule has 0 aliphatic carbocycles. The Kier molecular flexibility index (Phi) is 5.17.